The Morgan fingerprint density at radius 3 is 2.31 bits per heavy atom. The molecule has 1 saturated heterocycles. The molecule has 0 bridgehead atoms. The van der Waals surface area contributed by atoms with Crippen molar-refractivity contribution in [3.05, 3.63) is 127 Å². The molecule has 0 saturated carbocycles. The van der Waals surface area contributed by atoms with Crippen LogP contribution in [0.15, 0.2) is 94.5 Å². The van der Waals surface area contributed by atoms with E-state index >= 15 is 0 Å². The van der Waals surface area contributed by atoms with E-state index in [9.17, 15) is 33.6 Å². The van der Waals surface area contributed by atoms with Gasteiger partial charge in [-0.15, -0.1) is 0 Å². The zero-order chi connectivity index (χ0) is 38.5. The molecule has 3 heterocycles. The third kappa shape index (κ3) is 7.87. The first-order chi connectivity index (χ1) is 26.7. The molecule has 2 aliphatic heterocycles. The van der Waals surface area contributed by atoms with Gasteiger partial charge in [-0.1, -0.05) is 54.6 Å². The number of benzene rings is 4. The minimum atomic E-state index is -1.04. The number of amides is 5. The van der Waals surface area contributed by atoms with Crippen molar-refractivity contribution in [2.24, 2.45) is 0 Å². The lowest BCUT2D eigenvalue weighted by molar-refractivity contribution is -0.136. The molecule has 7 rings (SSSR count). The number of carbonyl (C=O) groups excluding carboxylic acids is 5. The van der Waals surface area contributed by atoms with Gasteiger partial charge in [0, 0.05) is 47.7 Å². The zero-order valence-electron chi connectivity index (χ0n) is 29.4. The highest BCUT2D eigenvalue weighted by molar-refractivity contribution is 7.04. The minimum absolute atomic E-state index is 0.0449. The monoisotopic (exact) mass is 764 g/mol. The number of piperidine rings is 1. The van der Waals surface area contributed by atoms with E-state index < -0.39 is 35.4 Å². The normalized spacial score (nSPS) is 15.3. The third-order valence-electron chi connectivity index (χ3n) is 9.27. The summed E-state index contributed by atoms with van der Waals surface area (Å²) in [7, 11) is 0. The molecule has 0 spiro atoms. The molecule has 0 radical (unpaired) electrons. The summed E-state index contributed by atoms with van der Waals surface area (Å²) in [6.45, 7) is 1.76. The topological polar surface area (TPSA) is 187 Å². The number of rotatable bonds is 15. The maximum absolute atomic E-state index is 13.3. The van der Waals surface area contributed by atoms with Crippen LogP contribution in [-0.2, 0) is 25.6 Å². The standard InChI is InChI=1S/C39H36N6O9S/c46-32-16-15-31(35(48)42-32)44-36(49)28-8-4-9-29(33(28)37(44)50)40-17-19-53-21-22-54-20-18-41-34(47)26-13-11-24(12-14-26)23-43-38(51)45(55-39(43)52)30-10-3-6-25-5-1-2-7-27(25)30/h1-14,31,40H,15-23H2,(H,41,47)(H,42,46,48). The molecule has 1 aromatic heterocycles. The van der Waals surface area contributed by atoms with Gasteiger partial charge in [0.2, 0.25) is 11.8 Å². The molecule has 15 nitrogen and oxygen atoms in total. The van der Waals surface area contributed by atoms with Crippen LogP contribution in [-0.4, -0.2) is 88.5 Å². The first-order valence-corrected chi connectivity index (χ1v) is 18.4. The van der Waals surface area contributed by atoms with Crippen LogP contribution in [0.3, 0.4) is 0 Å². The Labute approximate surface area is 317 Å². The Hall–Kier alpha value is -6.23. The fourth-order valence-corrected chi connectivity index (χ4v) is 7.38. The Morgan fingerprint density at radius 1 is 0.800 bits per heavy atom. The predicted octanol–water partition coefficient (Wildman–Crippen LogP) is 2.54. The van der Waals surface area contributed by atoms with Crippen LogP contribution >= 0.6 is 11.5 Å². The second-order valence-electron chi connectivity index (χ2n) is 12.8. The highest BCUT2D eigenvalue weighted by Crippen LogP contribution is 2.32. The summed E-state index contributed by atoms with van der Waals surface area (Å²) in [4.78, 5) is 89.4. The molecule has 3 N–H and O–H groups in total. The van der Waals surface area contributed by atoms with E-state index in [1.165, 1.54) is 14.6 Å². The van der Waals surface area contributed by atoms with Crippen molar-refractivity contribution >= 4 is 57.5 Å². The van der Waals surface area contributed by atoms with E-state index in [1.54, 1.807) is 36.4 Å². The number of nitrogens with zero attached hydrogens (tertiary/aromatic N) is 3. The van der Waals surface area contributed by atoms with Gasteiger partial charge in [0.05, 0.1) is 49.8 Å². The average molecular weight is 765 g/mol. The SMILES string of the molecule is O=C1CCC(N2C(=O)c3cccc(NCCOCCOCCNC(=O)c4ccc(Cn5c(=O)sn(-c6cccc7ccccc67)c5=O)cc4)c3C2=O)C(=O)N1. The van der Waals surface area contributed by atoms with Gasteiger partial charge in [-0.3, -0.25) is 39.0 Å². The van der Waals surface area contributed by atoms with E-state index in [1.807, 2.05) is 42.5 Å². The first kappa shape index (κ1) is 37.1. The Balaban J connectivity index is 0.805. The Morgan fingerprint density at radius 2 is 1.53 bits per heavy atom. The van der Waals surface area contributed by atoms with E-state index in [4.69, 9.17) is 9.47 Å². The zero-order valence-corrected chi connectivity index (χ0v) is 30.3. The summed E-state index contributed by atoms with van der Waals surface area (Å²) in [6.07, 6.45) is 0.126. The number of ether oxygens (including phenoxy) is 2. The summed E-state index contributed by atoms with van der Waals surface area (Å²) < 4.78 is 13.8. The van der Waals surface area contributed by atoms with Gasteiger partial charge in [-0.25, -0.2) is 13.3 Å². The number of nitrogens with one attached hydrogen (secondary N) is 3. The quantitative estimate of drug-likeness (QED) is 0.106. The molecule has 0 aliphatic carbocycles. The molecule has 1 atom stereocenters. The number of fused-ring (bicyclic) bond motifs is 2. The van der Waals surface area contributed by atoms with Crippen LogP contribution in [0.4, 0.5) is 5.69 Å². The molecular weight excluding hydrogens is 729 g/mol. The van der Waals surface area contributed by atoms with E-state index in [-0.39, 0.29) is 74.3 Å². The summed E-state index contributed by atoms with van der Waals surface area (Å²) in [5, 5.41) is 9.93. The molecule has 1 fully saturated rings. The van der Waals surface area contributed by atoms with Gasteiger partial charge >= 0.3 is 10.6 Å². The molecule has 16 heteroatoms. The number of anilines is 1. The Bertz CT molecular complexity index is 2410. The number of hydrogen-bond acceptors (Lipinski definition) is 11. The van der Waals surface area contributed by atoms with Crippen LogP contribution in [0.2, 0.25) is 0 Å². The molecule has 282 valence electrons. The lowest BCUT2D eigenvalue weighted by Gasteiger charge is -2.27. The predicted molar refractivity (Wildman–Crippen MR) is 203 cm³/mol. The van der Waals surface area contributed by atoms with Crippen LogP contribution in [0.1, 0.15) is 49.5 Å². The number of hydrogen-bond donors (Lipinski definition) is 3. The van der Waals surface area contributed by atoms with Crippen LogP contribution in [0, 0.1) is 0 Å². The molecule has 4 aromatic carbocycles. The van der Waals surface area contributed by atoms with Gasteiger partial charge in [0.25, 0.3) is 17.7 Å². The summed E-state index contributed by atoms with van der Waals surface area (Å²) in [5.74, 6) is -2.56. The van der Waals surface area contributed by atoms with Crippen molar-refractivity contribution in [3.8, 4) is 5.69 Å². The molecule has 5 amide bonds. The van der Waals surface area contributed by atoms with Crippen LogP contribution in [0.25, 0.3) is 16.5 Å². The largest absolute Gasteiger partial charge is 0.382 e. The summed E-state index contributed by atoms with van der Waals surface area (Å²) >= 11 is 0.850. The minimum Gasteiger partial charge on any atom is -0.382 e. The van der Waals surface area contributed by atoms with E-state index in [2.05, 4.69) is 16.0 Å². The maximum atomic E-state index is 13.3. The lowest BCUT2D eigenvalue weighted by Crippen LogP contribution is -2.54. The van der Waals surface area contributed by atoms with Crippen LogP contribution in [0.5, 0.6) is 0 Å². The molecule has 55 heavy (non-hydrogen) atoms. The number of carbonyl (C=O) groups is 5. The second kappa shape index (κ2) is 16.4. The van der Waals surface area contributed by atoms with Crippen molar-refractivity contribution in [2.75, 3.05) is 44.8 Å². The highest BCUT2D eigenvalue weighted by atomic mass is 32.1. The van der Waals surface area contributed by atoms with Crippen molar-refractivity contribution in [3.63, 3.8) is 0 Å². The van der Waals surface area contributed by atoms with Crippen molar-refractivity contribution < 1.29 is 33.4 Å². The van der Waals surface area contributed by atoms with Gasteiger partial charge in [-0.2, -0.15) is 0 Å². The van der Waals surface area contributed by atoms with Gasteiger partial charge in [0.15, 0.2) is 0 Å². The second-order valence-corrected chi connectivity index (χ2v) is 13.7. The first-order valence-electron chi connectivity index (χ1n) is 17.6. The fraction of sp³-hybridized carbons (Fsp3) is 0.256. The van der Waals surface area contributed by atoms with Crippen LogP contribution < -0.4 is 26.5 Å². The van der Waals surface area contributed by atoms with Gasteiger partial charge < -0.3 is 20.1 Å². The summed E-state index contributed by atoms with van der Waals surface area (Å²) in [5.41, 5.74) is 2.15. The summed E-state index contributed by atoms with van der Waals surface area (Å²) in [6, 6.07) is 23.8. The lowest BCUT2D eigenvalue weighted by atomic mass is 10.0. The fourth-order valence-electron chi connectivity index (χ4n) is 6.55. The van der Waals surface area contributed by atoms with E-state index in [0.717, 1.165) is 27.2 Å². The smallest absolute Gasteiger partial charge is 0.346 e. The van der Waals surface area contributed by atoms with Crippen molar-refractivity contribution in [1.29, 1.82) is 0 Å². The molecule has 1 unspecified atom stereocenters. The third-order valence-corrected chi connectivity index (χ3v) is 10.2. The van der Waals surface area contributed by atoms with Crippen molar-refractivity contribution in [1.82, 2.24) is 24.1 Å². The van der Waals surface area contributed by atoms with Crippen molar-refractivity contribution in [2.45, 2.75) is 25.4 Å². The maximum Gasteiger partial charge on any atom is 0.346 e. The van der Waals surface area contributed by atoms with E-state index in [0.29, 0.717) is 29.0 Å². The average Bonchev–Trinajstić information content (AvgIpc) is 3.61. The molecule has 5 aromatic rings. The Kier molecular flexibility index (Phi) is 11.1. The number of aromatic nitrogens is 2. The molecular formula is C39H36N6O9S. The van der Waals surface area contributed by atoms with Gasteiger partial charge in [0.1, 0.15) is 6.04 Å². The number of imide groups is 2. The molecule has 2 aliphatic rings. The highest BCUT2D eigenvalue weighted by Gasteiger charge is 2.45. The van der Waals surface area contributed by atoms with Gasteiger partial charge in [-0.05, 0) is 47.7 Å².